The highest BCUT2D eigenvalue weighted by molar-refractivity contribution is 6.31. The summed E-state index contributed by atoms with van der Waals surface area (Å²) in [6, 6.07) is 16.9. The Bertz CT molecular complexity index is 943. The van der Waals surface area contributed by atoms with Crippen molar-refractivity contribution < 1.29 is 4.79 Å². The molecule has 3 N–H and O–H groups in total. The maximum absolute atomic E-state index is 11.1. The highest BCUT2D eigenvalue weighted by atomic mass is 35.5. The van der Waals surface area contributed by atoms with Gasteiger partial charge in [0.15, 0.2) is 0 Å². The second-order valence-corrected chi connectivity index (χ2v) is 6.45. The van der Waals surface area contributed by atoms with Crippen molar-refractivity contribution in [1.29, 1.82) is 0 Å². The monoisotopic (exact) mass is 381 g/mol. The molecule has 0 aliphatic carbocycles. The van der Waals surface area contributed by atoms with Gasteiger partial charge < -0.3 is 16.0 Å². The Hall–Kier alpha value is -3.12. The minimum atomic E-state index is -0.105. The van der Waals surface area contributed by atoms with E-state index in [9.17, 15) is 4.79 Å². The molecule has 0 spiro atoms. The number of carbonyl (C=O) groups is 1. The van der Waals surface area contributed by atoms with Gasteiger partial charge in [-0.25, -0.2) is 4.98 Å². The summed E-state index contributed by atoms with van der Waals surface area (Å²) in [5.74, 6) is 1.09. The summed E-state index contributed by atoms with van der Waals surface area (Å²) in [5, 5.41) is 9.90. The van der Waals surface area contributed by atoms with Crippen molar-refractivity contribution in [2.75, 3.05) is 16.0 Å². The van der Waals surface area contributed by atoms with E-state index in [0.29, 0.717) is 23.3 Å². The molecule has 1 heterocycles. The van der Waals surface area contributed by atoms with Gasteiger partial charge in [0.05, 0.1) is 0 Å². The minimum Gasteiger partial charge on any atom is -0.366 e. The molecule has 0 atom stereocenters. The zero-order valence-electron chi connectivity index (χ0n) is 15.1. The van der Waals surface area contributed by atoms with E-state index in [1.807, 2.05) is 61.5 Å². The van der Waals surface area contributed by atoms with Crippen molar-refractivity contribution in [2.45, 2.75) is 20.4 Å². The number of nitrogens with zero attached hydrogens (tertiary/aromatic N) is 2. The fourth-order valence-electron chi connectivity index (χ4n) is 2.51. The smallest absolute Gasteiger partial charge is 0.229 e. The molecular weight excluding hydrogens is 362 g/mol. The van der Waals surface area contributed by atoms with Crippen molar-refractivity contribution >= 4 is 40.6 Å². The number of aryl methyl sites for hydroxylation is 1. The Kier molecular flexibility index (Phi) is 5.88. The number of amides is 1. The first kappa shape index (κ1) is 18.7. The van der Waals surface area contributed by atoms with Gasteiger partial charge in [-0.15, -0.1) is 0 Å². The molecule has 6 nitrogen and oxygen atoms in total. The van der Waals surface area contributed by atoms with Crippen LogP contribution >= 0.6 is 11.6 Å². The molecule has 138 valence electrons. The van der Waals surface area contributed by atoms with Crippen LogP contribution in [0.5, 0.6) is 0 Å². The van der Waals surface area contributed by atoms with E-state index in [2.05, 4.69) is 25.9 Å². The van der Waals surface area contributed by atoms with Crippen molar-refractivity contribution in [3.8, 4) is 0 Å². The lowest BCUT2D eigenvalue weighted by molar-refractivity contribution is -0.114. The standard InChI is InChI=1S/C20H20ClN5O/c1-13-11-19(22-12-15-5-3-4-6-18(15)21)26-20(23-13)25-17-9-7-16(8-10-17)24-14(2)27/h3-11H,12H2,1-2H3,(H,24,27)(H2,22,23,25,26). The minimum absolute atomic E-state index is 0.105. The van der Waals surface area contributed by atoms with Crippen molar-refractivity contribution in [3.63, 3.8) is 0 Å². The first-order chi connectivity index (χ1) is 13.0. The van der Waals surface area contributed by atoms with E-state index in [1.165, 1.54) is 6.92 Å². The fraction of sp³-hybridized carbons (Fsp3) is 0.150. The van der Waals surface area contributed by atoms with Crippen LogP contribution in [-0.4, -0.2) is 15.9 Å². The van der Waals surface area contributed by atoms with E-state index < -0.39 is 0 Å². The van der Waals surface area contributed by atoms with Crippen LogP contribution in [-0.2, 0) is 11.3 Å². The molecule has 1 aromatic heterocycles. The lowest BCUT2D eigenvalue weighted by atomic mass is 10.2. The van der Waals surface area contributed by atoms with Gasteiger partial charge in [-0.3, -0.25) is 4.79 Å². The molecule has 1 amide bonds. The SMILES string of the molecule is CC(=O)Nc1ccc(Nc2nc(C)cc(NCc3ccccc3Cl)n2)cc1. The molecule has 7 heteroatoms. The van der Waals surface area contributed by atoms with Crippen LogP contribution in [0.25, 0.3) is 0 Å². The summed E-state index contributed by atoms with van der Waals surface area (Å²) in [6.45, 7) is 3.96. The summed E-state index contributed by atoms with van der Waals surface area (Å²) in [5.41, 5.74) is 3.40. The fourth-order valence-corrected chi connectivity index (χ4v) is 2.71. The van der Waals surface area contributed by atoms with Crippen LogP contribution in [0.2, 0.25) is 5.02 Å². The molecule has 3 rings (SSSR count). The Morgan fingerprint density at radius 1 is 1.04 bits per heavy atom. The number of halogens is 1. The molecular formula is C20H20ClN5O. The van der Waals surface area contributed by atoms with E-state index in [0.717, 1.165) is 22.6 Å². The molecule has 0 saturated heterocycles. The molecule has 0 fully saturated rings. The van der Waals surface area contributed by atoms with Gasteiger partial charge in [-0.1, -0.05) is 29.8 Å². The molecule has 0 saturated carbocycles. The normalized spacial score (nSPS) is 10.3. The van der Waals surface area contributed by atoms with Gasteiger partial charge in [0.2, 0.25) is 11.9 Å². The van der Waals surface area contributed by atoms with Crippen LogP contribution in [0.4, 0.5) is 23.1 Å². The topological polar surface area (TPSA) is 78.9 Å². The Labute approximate surface area is 163 Å². The van der Waals surface area contributed by atoms with Gasteiger partial charge in [0.25, 0.3) is 0 Å². The van der Waals surface area contributed by atoms with Gasteiger partial charge in [0, 0.05) is 41.6 Å². The number of rotatable bonds is 6. The third-order valence-corrected chi connectivity index (χ3v) is 4.10. The maximum Gasteiger partial charge on any atom is 0.229 e. The molecule has 0 aliphatic heterocycles. The maximum atomic E-state index is 11.1. The second-order valence-electron chi connectivity index (χ2n) is 6.05. The van der Waals surface area contributed by atoms with Crippen LogP contribution in [0.3, 0.4) is 0 Å². The molecule has 27 heavy (non-hydrogen) atoms. The van der Waals surface area contributed by atoms with Gasteiger partial charge in [0.1, 0.15) is 5.82 Å². The number of carbonyl (C=O) groups excluding carboxylic acids is 1. The highest BCUT2D eigenvalue weighted by Gasteiger charge is 2.05. The first-order valence-electron chi connectivity index (χ1n) is 8.47. The number of aromatic nitrogens is 2. The number of hydrogen-bond acceptors (Lipinski definition) is 5. The Morgan fingerprint density at radius 3 is 2.44 bits per heavy atom. The third-order valence-electron chi connectivity index (χ3n) is 3.73. The predicted octanol–water partition coefficient (Wildman–Crippen LogP) is 4.75. The predicted molar refractivity (Wildman–Crippen MR) is 110 cm³/mol. The summed E-state index contributed by atoms with van der Waals surface area (Å²) < 4.78 is 0. The first-order valence-corrected chi connectivity index (χ1v) is 8.85. The zero-order valence-corrected chi connectivity index (χ0v) is 15.8. The lowest BCUT2D eigenvalue weighted by Gasteiger charge is -2.11. The van der Waals surface area contributed by atoms with Crippen molar-refractivity contribution in [1.82, 2.24) is 9.97 Å². The Balaban J connectivity index is 1.69. The summed E-state index contributed by atoms with van der Waals surface area (Å²) in [4.78, 5) is 20.0. The lowest BCUT2D eigenvalue weighted by Crippen LogP contribution is -2.07. The van der Waals surface area contributed by atoms with Crippen LogP contribution in [0.15, 0.2) is 54.6 Å². The van der Waals surface area contributed by atoms with E-state index >= 15 is 0 Å². The van der Waals surface area contributed by atoms with Gasteiger partial charge >= 0.3 is 0 Å². The zero-order chi connectivity index (χ0) is 19.2. The molecule has 3 aromatic rings. The van der Waals surface area contributed by atoms with Crippen LogP contribution in [0.1, 0.15) is 18.2 Å². The van der Waals surface area contributed by atoms with Crippen LogP contribution in [0, 0.1) is 6.92 Å². The number of nitrogens with one attached hydrogen (secondary N) is 3. The van der Waals surface area contributed by atoms with Gasteiger partial charge in [-0.2, -0.15) is 4.98 Å². The highest BCUT2D eigenvalue weighted by Crippen LogP contribution is 2.20. The summed E-state index contributed by atoms with van der Waals surface area (Å²) in [6.07, 6.45) is 0. The molecule has 0 bridgehead atoms. The number of anilines is 4. The Morgan fingerprint density at radius 2 is 1.74 bits per heavy atom. The van der Waals surface area contributed by atoms with E-state index in [-0.39, 0.29) is 5.91 Å². The number of hydrogen-bond donors (Lipinski definition) is 3. The number of benzene rings is 2. The largest absolute Gasteiger partial charge is 0.366 e. The van der Waals surface area contributed by atoms with E-state index in [1.54, 1.807) is 0 Å². The third kappa shape index (κ3) is 5.43. The molecule has 0 radical (unpaired) electrons. The summed E-state index contributed by atoms with van der Waals surface area (Å²) >= 11 is 6.19. The molecule has 0 aliphatic rings. The average Bonchev–Trinajstić information content (AvgIpc) is 2.62. The van der Waals surface area contributed by atoms with Gasteiger partial charge in [-0.05, 0) is 42.8 Å². The van der Waals surface area contributed by atoms with E-state index in [4.69, 9.17) is 11.6 Å². The molecule has 2 aromatic carbocycles. The summed E-state index contributed by atoms with van der Waals surface area (Å²) in [7, 11) is 0. The van der Waals surface area contributed by atoms with Crippen molar-refractivity contribution in [3.05, 3.63) is 70.9 Å². The van der Waals surface area contributed by atoms with Crippen LogP contribution < -0.4 is 16.0 Å². The second kappa shape index (κ2) is 8.51. The van der Waals surface area contributed by atoms with Crippen molar-refractivity contribution in [2.24, 2.45) is 0 Å². The quantitative estimate of drug-likeness (QED) is 0.574. The average molecular weight is 382 g/mol. The molecule has 0 unspecified atom stereocenters.